The summed E-state index contributed by atoms with van der Waals surface area (Å²) in [4.78, 5) is 10.6. The minimum Gasteiger partial charge on any atom is -0.481 e. The molecule has 0 unspecified atom stereocenters. The Bertz CT molecular complexity index is 526. The number of rotatable bonds is 5. The number of hydrogen-bond donors (Lipinski definition) is 1. The number of carboxylic acids is 1. The number of benzene rings is 1. The number of aryl methyl sites for hydroxylation is 1. The lowest BCUT2D eigenvalue weighted by Gasteiger charge is -2.43. The minimum atomic E-state index is -0.688. The molecule has 1 aliphatic carbocycles. The van der Waals surface area contributed by atoms with Gasteiger partial charge in [-0.2, -0.15) is 0 Å². The van der Waals surface area contributed by atoms with Crippen LogP contribution in [0.5, 0.6) is 0 Å². The standard InChI is InChI=1S/C19H28O2/c1-18(2)12-13-19(3,4)17-14(9-7-10-15(17)18)8-5-6-11-16(20)21/h7,9-10H,5-6,8,11-13H2,1-4H3,(H,20,21). The quantitative estimate of drug-likeness (QED) is 0.788. The Morgan fingerprint density at radius 3 is 2.43 bits per heavy atom. The van der Waals surface area contributed by atoms with Gasteiger partial charge in [0.1, 0.15) is 0 Å². The van der Waals surface area contributed by atoms with Crippen LogP contribution in [-0.2, 0) is 22.0 Å². The molecule has 1 aromatic rings. The number of fused-ring (bicyclic) bond motifs is 1. The van der Waals surface area contributed by atoms with Crippen LogP contribution in [0.2, 0.25) is 0 Å². The lowest BCUT2D eigenvalue weighted by molar-refractivity contribution is -0.137. The molecule has 0 radical (unpaired) electrons. The second-order valence-electron chi connectivity index (χ2n) is 7.71. The van der Waals surface area contributed by atoms with E-state index in [2.05, 4.69) is 45.9 Å². The van der Waals surface area contributed by atoms with Crippen LogP contribution in [-0.4, -0.2) is 11.1 Å². The Morgan fingerprint density at radius 1 is 1.10 bits per heavy atom. The Kier molecular flexibility index (Phi) is 4.46. The second kappa shape index (κ2) is 5.82. The van der Waals surface area contributed by atoms with Crippen LogP contribution in [0, 0.1) is 0 Å². The van der Waals surface area contributed by atoms with Gasteiger partial charge in [-0.1, -0.05) is 45.9 Å². The number of hydrogen-bond acceptors (Lipinski definition) is 1. The van der Waals surface area contributed by atoms with E-state index in [4.69, 9.17) is 5.11 Å². The molecule has 0 atom stereocenters. The van der Waals surface area contributed by atoms with Gasteiger partial charge in [0.25, 0.3) is 0 Å². The topological polar surface area (TPSA) is 37.3 Å². The highest BCUT2D eigenvalue weighted by molar-refractivity contribution is 5.66. The van der Waals surface area contributed by atoms with Crippen molar-refractivity contribution in [2.75, 3.05) is 0 Å². The summed E-state index contributed by atoms with van der Waals surface area (Å²) in [5.41, 5.74) is 4.93. The monoisotopic (exact) mass is 288 g/mol. The van der Waals surface area contributed by atoms with E-state index in [1.807, 2.05) is 0 Å². The molecule has 21 heavy (non-hydrogen) atoms. The summed E-state index contributed by atoms with van der Waals surface area (Å²) >= 11 is 0. The van der Waals surface area contributed by atoms with E-state index in [1.54, 1.807) is 0 Å². The normalized spacial score (nSPS) is 19.0. The van der Waals surface area contributed by atoms with Gasteiger partial charge in [-0.3, -0.25) is 4.79 Å². The van der Waals surface area contributed by atoms with Crippen molar-refractivity contribution in [3.05, 3.63) is 34.9 Å². The fourth-order valence-electron chi connectivity index (χ4n) is 3.65. The molecule has 0 saturated heterocycles. The molecule has 116 valence electrons. The molecular formula is C19H28O2. The zero-order valence-electron chi connectivity index (χ0n) is 13.8. The zero-order valence-corrected chi connectivity index (χ0v) is 13.8. The smallest absolute Gasteiger partial charge is 0.303 e. The van der Waals surface area contributed by atoms with Crippen molar-refractivity contribution >= 4 is 5.97 Å². The minimum absolute atomic E-state index is 0.230. The van der Waals surface area contributed by atoms with Crippen molar-refractivity contribution in [2.24, 2.45) is 0 Å². The van der Waals surface area contributed by atoms with Gasteiger partial charge in [0.15, 0.2) is 0 Å². The van der Waals surface area contributed by atoms with Crippen molar-refractivity contribution in [3.8, 4) is 0 Å². The third kappa shape index (κ3) is 3.48. The summed E-state index contributed by atoms with van der Waals surface area (Å²) in [5.74, 6) is -0.688. The van der Waals surface area contributed by atoms with Crippen molar-refractivity contribution < 1.29 is 9.90 Å². The van der Waals surface area contributed by atoms with E-state index in [-0.39, 0.29) is 17.3 Å². The van der Waals surface area contributed by atoms with Gasteiger partial charge >= 0.3 is 5.97 Å². The maximum Gasteiger partial charge on any atom is 0.303 e. The fourth-order valence-corrected chi connectivity index (χ4v) is 3.65. The summed E-state index contributed by atoms with van der Waals surface area (Å²) in [6.45, 7) is 9.38. The molecule has 0 spiro atoms. The van der Waals surface area contributed by atoms with Crippen LogP contribution in [0.15, 0.2) is 18.2 Å². The Labute approximate surface area is 128 Å². The van der Waals surface area contributed by atoms with Crippen molar-refractivity contribution in [2.45, 2.75) is 77.0 Å². The molecule has 0 amide bonds. The predicted molar refractivity (Wildman–Crippen MR) is 86.9 cm³/mol. The molecule has 2 heteroatoms. The van der Waals surface area contributed by atoms with E-state index in [9.17, 15) is 4.79 Å². The largest absolute Gasteiger partial charge is 0.481 e. The molecule has 2 rings (SSSR count). The van der Waals surface area contributed by atoms with Crippen LogP contribution in [0.1, 0.15) is 76.5 Å². The van der Waals surface area contributed by atoms with E-state index in [0.717, 1.165) is 19.3 Å². The Morgan fingerprint density at radius 2 is 1.76 bits per heavy atom. The van der Waals surface area contributed by atoms with Gasteiger partial charge in [0.2, 0.25) is 0 Å². The molecule has 0 bridgehead atoms. The third-order valence-corrected chi connectivity index (χ3v) is 5.02. The van der Waals surface area contributed by atoms with Crippen LogP contribution >= 0.6 is 0 Å². The Hall–Kier alpha value is -1.31. The molecule has 0 aliphatic heterocycles. The molecule has 1 N–H and O–H groups in total. The first-order valence-electron chi connectivity index (χ1n) is 8.09. The fraction of sp³-hybridized carbons (Fsp3) is 0.632. The van der Waals surface area contributed by atoms with Gasteiger partial charge in [-0.05, 0) is 59.6 Å². The van der Waals surface area contributed by atoms with Crippen molar-refractivity contribution in [3.63, 3.8) is 0 Å². The third-order valence-electron chi connectivity index (χ3n) is 5.02. The Balaban J connectivity index is 2.25. The molecule has 1 aliphatic rings. The first-order valence-corrected chi connectivity index (χ1v) is 8.09. The average molecular weight is 288 g/mol. The van der Waals surface area contributed by atoms with E-state index >= 15 is 0 Å². The van der Waals surface area contributed by atoms with E-state index in [0.29, 0.717) is 0 Å². The van der Waals surface area contributed by atoms with Crippen LogP contribution in [0.3, 0.4) is 0 Å². The molecule has 0 aromatic heterocycles. The van der Waals surface area contributed by atoms with Crippen LogP contribution in [0.25, 0.3) is 0 Å². The number of carboxylic acid groups (broad SMARTS) is 1. The number of carbonyl (C=O) groups is 1. The maximum atomic E-state index is 10.6. The summed E-state index contributed by atoms with van der Waals surface area (Å²) in [6.07, 6.45) is 5.45. The van der Waals surface area contributed by atoms with Gasteiger partial charge in [0, 0.05) is 6.42 Å². The molecule has 0 heterocycles. The average Bonchev–Trinajstić information content (AvgIpc) is 2.40. The summed E-state index contributed by atoms with van der Waals surface area (Å²) in [5, 5.41) is 8.75. The summed E-state index contributed by atoms with van der Waals surface area (Å²) in [6, 6.07) is 6.70. The predicted octanol–water partition coefficient (Wildman–Crippen LogP) is 4.83. The molecule has 2 nitrogen and oxygen atoms in total. The summed E-state index contributed by atoms with van der Waals surface area (Å²) < 4.78 is 0. The highest BCUT2D eigenvalue weighted by Gasteiger charge is 2.38. The van der Waals surface area contributed by atoms with E-state index in [1.165, 1.54) is 29.5 Å². The maximum absolute atomic E-state index is 10.6. The van der Waals surface area contributed by atoms with Gasteiger partial charge < -0.3 is 5.11 Å². The number of aliphatic carboxylic acids is 1. The molecule has 0 fully saturated rings. The van der Waals surface area contributed by atoms with Gasteiger partial charge in [-0.15, -0.1) is 0 Å². The zero-order chi connectivity index (χ0) is 15.7. The van der Waals surface area contributed by atoms with Crippen LogP contribution in [0.4, 0.5) is 0 Å². The first-order chi connectivity index (χ1) is 9.74. The van der Waals surface area contributed by atoms with E-state index < -0.39 is 5.97 Å². The molecule has 0 saturated carbocycles. The molecule has 1 aromatic carbocycles. The highest BCUT2D eigenvalue weighted by Crippen LogP contribution is 2.47. The van der Waals surface area contributed by atoms with Crippen molar-refractivity contribution in [1.82, 2.24) is 0 Å². The summed E-state index contributed by atoms with van der Waals surface area (Å²) in [7, 11) is 0. The first kappa shape index (κ1) is 16.1. The van der Waals surface area contributed by atoms with Crippen molar-refractivity contribution in [1.29, 1.82) is 0 Å². The van der Waals surface area contributed by atoms with Gasteiger partial charge in [-0.25, -0.2) is 0 Å². The highest BCUT2D eigenvalue weighted by atomic mass is 16.4. The number of unbranched alkanes of at least 4 members (excludes halogenated alkanes) is 1. The SMILES string of the molecule is CC1(C)CCC(C)(C)c2c(CCCCC(=O)O)cccc21. The van der Waals surface area contributed by atoms with Gasteiger partial charge in [0.05, 0.1) is 0 Å². The second-order valence-corrected chi connectivity index (χ2v) is 7.71. The lowest BCUT2D eigenvalue weighted by Crippen LogP contribution is -2.34. The lowest BCUT2D eigenvalue weighted by atomic mass is 9.62. The van der Waals surface area contributed by atoms with Crippen LogP contribution < -0.4 is 0 Å². The molecular weight excluding hydrogens is 260 g/mol.